The van der Waals surface area contributed by atoms with Crippen molar-refractivity contribution in [2.75, 3.05) is 11.9 Å². The van der Waals surface area contributed by atoms with E-state index in [0.29, 0.717) is 11.1 Å². The zero-order valence-corrected chi connectivity index (χ0v) is 14.1. The Hall–Kier alpha value is -2.93. The van der Waals surface area contributed by atoms with Crippen LogP contribution in [0.3, 0.4) is 0 Å². The smallest absolute Gasteiger partial charge is 0.310 e. The number of anilines is 1. The summed E-state index contributed by atoms with van der Waals surface area (Å²) >= 11 is 6.02. The van der Waals surface area contributed by atoms with Crippen LogP contribution in [0, 0.1) is 18.3 Å². The highest BCUT2D eigenvalue weighted by atomic mass is 35.5. The lowest BCUT2D eigenvalue weighted by Crippen LogP contribution is -2.34. The number of likely N-dealkylation sites (N-methyl/N-ethyl adjacent to an activating group) is 1. The van der Waals surface area contributed by atoms with Crippen molar-refractivity contribution in [2.45, 2.75) is 19.1 Å². The van der Waals surface area contributed by atoms with Crippen LogP contribution < -0.4 is 4.90 Å². The van der Waals surface area contributed by atoms with E-state index in [2.05, 4.69) is 4.99 Å². The number of nitriles is 1. The molecule has 1 aliphatic rings. The average molecular weight is 387 g/mol. The van der Waals surface area contributed by atoms with E-state index < -0.39 is 30.1 Å². The summed E-state index contributed by atoms with van der Waals surface area (Å²) in [5, 5.41) is 8.98. The van der Waals surface area contributed by atoms with E-state index in [4.69, 9.17) is 16.9 Å². The molecule has 136 valence electrons. The van der Waals surface area contributed by atoms with Crippen molar-refractivity contribution >= 4 is 41.3 Å². The lowest BCUT2D eigenvalue weighted by molar-refractivity contribution is -0.169. The van der Waals surface area contributed by atoms with Crippen LogP contribution in [0.2, 0.25) is 5.02 Å². The third-order valence-electron chi connectivity index (χ3n) is 3.68. The first kappa shape index (κ1) is 19.4. The predicted octanol–water partition coefficient (Wildman–Crippen LogP) is 2.45. The van der Waals surface area contributed by atoms with Crippen LogP contribution in [0.1, 0.15) is 11.1 Å². The highest BCUT2D eigenvalue weighted by Gasteiger charge is 2.45. The Morgan fingerprint density at radius 3 is 2.54 bits per heavy atom. The molecule has 1 saturated heterocycles. The largest absolute Gasteiger partial charge is 0.473 e. The molecular formula is C15H10ClF3N4O3. The van der Waals surface area contributed by atoms with Gasteiger partial charge in [0.25, 0.3) is 5.91 Å². The third kappa shape index (κ3) is 3.25. The van der Waals surface area contributed by atoms with Crippen molar-refractivity contribution in [3.8, 4) is 6.07 Å². The Morgan fingerprint density at radius 1 is 1.38 bits per heavy atom. The van der Waals surface area contributed by atoms with Gasteiger partial charge in [-0.25, -0.2) is 14.7 Å². The summed E-state index contributed by atoms with van der Waals surface area (Å²) in [7, 11) is 1.18. The van der Waals surface area contributed by atoms with E-state index in [1.807, 2.05) is 6.07 Å². The highest BCUT2D eigenvalue weighted by Crippen LogP contribution is 2.33. The van der Waals surface area contributed by atoms with Crippen LogP contribution in [-0.2, 0) is 9.59 Å². The van der Waals surface area contributed by atoms with Crippen LogP contribution in [0.15, 0.2) is 17.1 Å². The van der Waals surface area contributed by atoms with Crippen LogP contribution in [0.25, 0.3) is 0 Å². The molecule has 1 heterocycles. The highest BCUT2D eigenvalue weighted by molar-refractivity contribution is 6.34. The van der Waals surface area contributed by atoms with Gasteiger partial charge in [0.1, 0.15) is 12.1 Å². The number of carbonyl (C=O) groups excluding carboxylic acids is 3. The molecule has 0 aromatic heterocycles. The average Bonchev–Trinajstić information content (AvgIpc) is 2.77. The first-order valence-corrected chi connectivity index (χ1v) is 7.33. The van der Waals surface area contributed by atoms with Crippen LogP contribution >= 0.6 is 11.6 Å². The van der Waals surface area contributed by atoms with Gasteiger partial charge in [-0.3, -0.25) is 9.59 Å². The molecule has 0 saturated carbocycles. The maximum absolute atomic E-state index is 12.5. The number of amides is 4. The van der Waals surface area contributed by atoms with Gasteiger partial charge < -0.3 is 4.90 Å². The molecule has 26 heavy (non-hydrogen) atoms. The molecule has 1 aromatic rings. The molecule has 1 fully saturated rings. The monoisotopic (exact) mass is 386 g/mol. The van der Waals surface area contributed by atoms with Crippen molar-refractivity contribution in [1.29, 1.82) is 5.26 Å². The quantitative estimate of drug-likeness (QED) is 0.576. The van der Waals surface area contributed by atoms with E-state index in [1.54, 1.807) is 0 Å². The van der Waals surface area contributed by atoms with E-state index in [-0.39, 0.29) is 21.8 Å². The number of hydrogen-bond donors (Lipinski definition) is 0. The van der Waals surface area contributed by atoms with Gasteiger partial charge in [0.05, 0.1) is 16.3 Å². The molecule has 1 aliphatic heterocycles. The maximum atomic E-state index is 12.5. The minimum Gasteiger partial charge on any atom is -0.310 e. The number of hydrogen-bond acceptors (Lipinski definition) is 4. The second-order valence-electron chi connectivity index (χ2n) is 5.28. The first-order valence-electron chi connectivity index (χ1n) is 6.96. The molecule has 1 aromatic carbocycles. The van der Waals surface area contributed by atoms with Crippen LogP contribution in [0.5, 0.6) is 0 Å². The number of imide groups is 1. The Kier molecular flexibility index (Phi) is 5.04. The summed E-state index contributed by atoms with van der Waals surface area (Å²) < 4.78 is 36.7. The molecule has 0 N–H and O–H groups in total. The van der Waals surface area contributed by atoms with Gasteiger partial charge in [0.2, 0.25) is 0 Å². The number of rotatable bonds is 2. The Labute approximate surface area is 150 Å². The molecular weight excluding hydrogens is 377 g/mol. The topological polar surface area (TPSA) is 93.8 Å². The number of alkyl halides is 3. The molecule has 0 aliphatic carbocycles. The number of nitrogens with zero attached hydrogens (tertiary/aromatic N) is 4. The molecule has 0 unspecified atom stereocenters. The van der Waals surface area contributed by atoms with Crippen molar-refractivity contribution in [1.82, 2.24) is 4.90 Å². The maximum Gasteiger partial charge on any atom is 0.473 e. The fourth-order valence-corrected chi connectivity index (χ4v) is 2.47. The molecule has 4 amide bonds. The first-order chi connectivity index (χ1) is 12.0. The van der Waals surface area contributed by atoms with Crippen molar-refractivity contribution in [3.63, 3.8) is 0 Å². The zero-order valence-electron chi connectivity index (χ0n) is 13.3. The summed E-state index contributed by atoms with van der Waals surface area (Å²) in [6.45, 7) is 1.48. The van der Waals surface area contributed by atoms with E-state index in [9.17, 15) is 27.6 Å². The lowest BCUT2D eigenvalue weighted by atomic mass is 10.1. The number of benzene rings is 1. The number of aliphatic imine (C=N–C) groups is 1. The number of carbonyl (C=O) groups is 3. The molecule has 0 radical (unpaired) electrons. The van der Waals surface area contributed by atoms with Gasteiger partial charge in [0.15, 0.2) is 0 Å². The third-order valence-corrected chi connectivity index (χ3v) is 4.17. The van der Waals surface area contributed by atoms with Gasteiger partial charge in [-0.05, 0) is 24.6 Å². The number of halogens is 4. The predicted molar refractivity (Wildman–Crippen MR) is 84.9 cm³/mol. The van der Waals surface area contributed by atoms with Gasteiger partial charge >= 0.3 is 18.1 Å². The Bertz CT molecular complexity index is 876. The zero-order chi connectivity index (χ0) is 19.8. The molecule has 7 nitrogen and oxygen atoms in total. The summed E-state index contributed by atoms with van der Waals surface area (Å²) in [4.78, 5) is 39.9. The van der Waals surface area contributed by atoms with Crippen LogP contribution in [0.4, 0.5) is 23.7 Å². The standard InChI is InChI=1S/C15H10ClF3N4O3/c1-7-9(4-3-8(5-20)11(7)16)23-12(24)10(22(2)14(23)26)6-21-13(25)15(17,18)19/h3-4,6,10H,1-2H3/t10-/m0/s1. The minimum atomic E-state index is -5.18. The Morgan fingerprint density at radius 2 is 2.00 bits per heavy atom. The van der Waals surface area contributed by atoms with Gasteiger partial charge in [-0.1, -0.05) is 11.6 Å². The van der Waals surface area contributed by atoms with Crippen molar-refractivity contribution in [3.05, 3.63) is 28.3 Å². The van der Waals surface area contributed by atoms with Crippen molar-refractivity contribution < 1.29 is 27.6 Å². The molecule has 2 rings (SSSR count). The minimum absolute atomic E-state index is 0.0395. The molecule has 11 heteroatoms. The normalized spacial score (nSPS) is 18.0. The Balaban J connectivity index is 2.40. The lowest BCUT2D eigenvalue weighted by Gasteiger charge is -2.17. The summed E-state index contributed by atoms with van der Waals surface area (Å²) in [5.41, 5.74) is 0.480. The summed E-state index contributed by atoms with van der Waals surface area (Å²) in [5.74, 6) is -3.29. The summed E-state index contributed by atoms with van der Waals surface area (Å²) in [6, 6.07) is 2.15. The van der Waals surface area contributed by atoms with E-state index >= 15 is 0 Å². The summed E-state index contributed by atoms with van der Waals surface area (Å²) in [6.07, 6.45) is -4.71. The fraction of sp³-hybridized carbons (Fsp3) is 0.267. The number of urea groups is 1. The molecule has 0 spiro atoms. The van der Waals surface area contributed by atoms with Crippen LogP contribution in [-0.4, -0.2) is 48.2 Å². The van der Waals surface area contributed by atoms with Gasteiger partial charge in [0, 0.05) is 13.3 Å². The van der Waals surface area contributed by atoms with Gasteiger partial charge in [-0.15, -0.1) is 0 Å². The fourth-order valence-electron chi connectivity index (χ4n) is 2.27. The van der Waals surface area contributed by atoms with E-state index in [1.165, 1.54) is 26.1 Å². The second-order valence-corrected chi connectivity index (χ2v) is 5.65. The molecule has 1 atom stereocenters. The SMILES string of the molecule is Cc1c(N2C(=O)[C@H](C=NC(=O)C(F)(F)F)N(C)C2=O)ccc(C#N)c1Cl. The molecule has 0 bridgehead atoms. The van der Waals surface area contributed by atoms with Gasteiger partial charge in [-0.2, -0.15) is 18.4 Å². The second kappa shape index (κ2) is 6.76. The van der Waals surface area contributed by atoms with Crippen molar-refractivity contribution in [2.24, 2.45) is 4.99 Å². The van der Waals surface area contributed by atoms with E-state index in [0.717, 1.165) is 4.90 Å².